The second-order valence-corrected chi connectivity index (χ2v) is 9.00. The topological polar surface area (TPSA) is 78.4 Å². The Labute approximate surface area is 192 Å². The Morgan fingerprint density at radius 1 is 1.22 bits per heavy atom. The van der Waals surface area contributed by atoms with Crippen molar-refractivity contribution in [2.24, 2.45) is 4.99 Å². The summed E-state index contributed by atoms with van der Waals surface area (Å²) in [4.78, 5) is 20.8. The van der Waals surface area contributed by atoms with Gasteiger partial charge in [-0.15, -0.1) is 0 Å². The number of benzene rings is 1. The van der Waals surface area contributed by atoms with E-state index < -0.39 is 0 Å². The van der Waals surface area contributed by atoms with Crippen molar-refractivity contribution >= 4 is 11.9 Å². The molecule has 1 aromatic rings. The van der Waals surface area contributed by atoms with Crippen LogP contribution in [0.2, 0.25) is 0 Å². The largest absolute Gasteiger partial charge is 0.493 e. The number of nitrogens with one attached hydrogen (secondary N) is 2. The molecule has 0 aliphatic carbocycles. The van der Waals surface area contributed by atoms with Crippen LogP contribution in [0.5, 0.6) is 5.75 Å². The summed E-state index contributed by atoms with van der Waals surface area (Å²) in [7, 11) is 3.51. The molecule has 2 aliphatic rings. The molecule has 2 heterocycles. The average Bonchev–Trinajstić information content (AvgIpc) is 2.78. The number of fused-ring (bicyclic) bond motifs is 1. The summed E-state index contributed by atoms with van der Waals surface area (Å²) in [5.41, 5.74) is 1.13. The van der Waals surface area contributed by atoms with Gasteiger partial charge in [-0.3, -0.25) is 4.79 Å². The maximum absolute atomic E-state index is 12.1. The normalized spacial score (nSPS) is 19.9. The van der Waals surface area contributed by atoms with Gasteiger partial charge in [-0.05, 0) is 32.8 Å². The Bertz CT molecular complexity index is 760. The number of ether oxygens (including phenoxy) is 2. The van der Waals surface area contributed by atoms with Crippen molar-refractivity contribution in [1.29, 1.82) is 0 Å². The van der Waals surface area contributed by atoms with E-state index in [0.29, 0.717) is 18.6 Å². The minimum absolute atomic E-state index is 0.0153. The number of nitrogens with zero attached hydrogens (tertiary/aromatic N) is 3. The first kappa shape index (κ1) is 24.3. The maximum atomic E-state index is 12.1. The number of aliphatic imine (C=N–C) groups is 1. The van der Waals surface area contributed by atoms with Gasteiger partial charge in [0, 0.05) is 51.8 Å². The number of carbonyl (C=O) groups is 1. The molecule has 0 aromatic heterocycles. The fourth-order valence-corrected chi connectivity index (χ4v) is 3.99. The predicted molar refractivity (Wildman–Crippen MR) is 127 cm³/mol. The summed E-state index contributed by atoms with van der Waals surface area (Å²) < 4.78 is 11.5. The molecule has 8 heteroatoms. The zero-order valence-corrected chi connectivity index (χ0v) is 20.0. The highest BCUT2D eigenvalue weighted by Gasteiger charge is 2.25. The predicted octanol–water partition coefficient (Wildman–Crippen LogP) is 2.02. The molecule has 1 atom stereocenters. The minimum atomic E-state index is -0.0153. The zero-order chi connectivity index (χ0) is 22.9. The third-order valence-corrected chi connectivity index (χ3v) is 5.93. The number of rotatable bonds is 8. The van der Waals surface area contributed by atoms with Crippen LogP contribution < -0.4 is 15.4 Å². The third kappa shape index (κ3) is 7.38. The lowest BCUT2D eigenvalue weighted by atomic mass is 10.0. The summed E-state index contributed by atoms with van der Waals surface area (Å²) in [6, 6.07) is 8.54. The molecule has 1 unspecified atom stereocenters. The van der Waals surface area contributed by atoms with Gasteiger partial charge >= 0.3 is 0 Å². The van der Waals surface area contributed by atoms with Gasteiger partial charge in [0.15, 0.2) is 5.96 Å². The highest BCUT2D eigenvalue weighted by Crippen LogP contribution is 2.31. The van der Waals surface area contributed by atoms with Gasteiger partial charge in [-0.2, -0.15) is 0 Å². The molecular weight excluding hydrogens is 406 g/mol. The minimum Gasteiger partial charge on any atom is -0.493 e. The van der Waals surface area contributed by atoms with Crippen molar-refractivity contribution in [3.63, 3.8) is 0 Å². The van der Waals surface area contributed by atoms with Gasteiger partial charge < -0.3 is 29.9 Å². The Hall–Kier alpha value is -2.32. The van der Waals surface area contributed by atoms with Crippen molar-refractivity contribution < 1.29 is 14.3 Å². The molecule has 0 radical (unpaired) electrons. The van der Waals surface area contributed by atoms with Crippen molar-refractivity contribution in [2.75, 3.05) is 53.5 Å². The molecule has 1 aromatic carbocycles. The van der Waals surface area contributed by atoms with E-state index in [1.165, 1.54) is 0 Å². The highest BCUT2D eigenvalue weighted by molar-refractivity contribution is 5.85. The fourth-order valence-electron chi connectivity index (χ4n) is 3.99. The van der Waals surface area contributed by atoms with E-state index in [4.69, 9.17) is 9.47 Å². The van der Waals surface area contributed by atoms with E-state index in [-0.39, 0.29) is 24.6 Å². The van der Waals surface area contributed by atoms with Crippen molar-refractivity contribution in [1.82, 2.24) is 20.4 Å². The van der Waals surface area contributed by atoms with Gasteiger partial charge in [-0.25, -0.2) is 4.99 Å². The molecule has 3 rings (SSSR count). The SMILES string of the molecule is CC(C)OCCN1CCC(NC(=NCC(=O)N(C)C)NC2CCOc3ccccc32)CC1. The maximum Gasteiger partial charge on any atom is 0.243 e. The molecule has 0 saturated carbocycles. The molecule has 32 heavy (non-hydrogen) atoms. The quantitative estimate of drug-likeness (QED) is 0.471. The first-order chi connectivity index (χ1) is 15.4. The van der Waals surface area contributed by atoms with E-state index in [1.54, 1.807) is 19.0 Å². The number of amides is 1. The number of piperidine rings is 1. The second kappa shape index (κ2) is 12.1. The van der Waals surface area contributed by atoms with Gasteiger partial charge in [0.1, 0.15) is 12.3 Å². The lowest BCUT2D eigenvalue weighted by molar-refractivity contribution is -0.127. The van der Waals surface area contributed by atoms with E-state index in [2.05, 4.69) is 40.4 Å². The summed E-state index contributed by atoms with van der Waals surface area (Å²) in [5.74, 6) is 1.60. The third-order valence-electron chi connectivity index (χ3n) is 5.93. The highest BCUT2D eigenvalue weighted by atomic mass is 16.5. The van der Waals surface area contributed by atoms with Gasteiger partial charge in [-0.1, -0.05) is 18.2 Å². The van der Waals surface area contributed by atoms with Crippen LogP contribution in [0.25, 0.3) is 0 Å². The fraction of sp³-hybridized carbons (Fsp3) is 0.667. The number of para-hydroxylation sites is 1. The Balaban J connectivity index is 1.59. The molecular formula is C24H39N5O3. The molecule has 0 bridgehead atoms. The zero-order valence-electron chi connectivity index (χ0n) is 20.0. The van der Waals surface area contributed by atoms with Crippen molar-refractivity contribution in [3.05, 3.63) is 29.8 Å². The number of likely N-dealkylation sites (N-methyl/N-ethyl adjacent to an activating group) is 1. The van der Waals surface area contributed by atoms with Crippen LogP contribution >= 0.6 is 0 Å². The second-order valence-electron chi connectivity index (χ2n) is 9.00. The van der Waals surface area contributed by atoms with Crippen LogP contribution in [0, 0.1) is 0 Å². The first-order valence-corrected chi connectivity index (χ1v) is 11.8. The molecule has 8 nitrogen and oxygen atoms in total. The number of guanidine groups is 1. The monoisotopic (exact) mass is 445 g/mol. The molecule has 178 valence electrons. The summed E-state index contributed by atoms with van der Waals surface area (Å²) in [5, 5.41) is 7.16. The molecule has 2 N–H and O–H groups in total. The van der Waals surface area contributed by atoms with Crippen LogP contribution in [0.3, 0.4) is 0 Å². The Morgan fingerprint density at radius 2 is 1.97 bits per heavy atom. The van der Waals surface area contributed by atoms with Gasteiger partial charge in [0.2, 0.25) is 5.91 Å². The summed E-state index contributed by atoms with van der Waals surface area (Å²) in [6.45, 7) is 8.74. The van der Waals surface area contributed by atoms with Gasteiger partial charge in [0.25, 0.3) is 0 Å². The van der Waals surface area contributed by atoms with Crippen LogP contribution in [0.1, 0.15) is 44.7 Å². The molecule has 1 saturated heterocycles. The van der Waals surface area contributed by atoms with Crippen LogP contribution in [-0.4, -0.2) is 87.3 Å². The molecule has 2 aliphatic heterocycles. The van der Waals surface area contributed by atoms with E-state index in [9.17, 15) is 4.79 Å². The number of likely N-dealkylation sites (tertiary alicyclic amines) is 1. The van der Waals surface area contributed by atoms with E-state index in [1.807, 2.05) is 18.2 Å². The van der Waals surface area contributed by atoms with Crippen molar-refractivity contribution in [2.45, 2.75) is 51.3 Å². The number of carbonyl (C=O) groups excluding carboxylic acids is 1. The average molecular weight is 446 g/mol. The van der Waals surface area contributed by atoms with Crippen LogP contribution in [-0.2, 0) is 9.53 Å². The smallest absolute Gasteiger partial charge is 0.243 e. The Kier molecular flexibility index (Phi) is 9.17. The number of hydrogen-bond donors (Lipinski definition) is 2. The lowest BCUT2D eigenvalue weighted by Crippen LogP contribution is -2.50. The van der Waals surface area contributed by atoms with E-state index in [0.717, 1.165) is 56.8 Å². The van der Waals surface area contributed by atoms with Crippen molar-refractivity contribution in [3.8, 4) is 5.75 Å². The molecule has 0 spiro atoms. The Morgan fingerprint density at radius 3 is 2.69 bits per heavy atom. The summed E-state index contributed by atoms with van der Waals surface area (Å²) in [6.07, 6.45) is 3.20. The lowest BCUT2D eigenvalue weighted by Gasteiger charge is -2.34. The van der Waals surface area contributed by atoms with Gasteiger partial charge in [0.05, 0.1) is 25.4 Å². The standard InChI is InChI=1S/C24H39N5O3/c1-18(2)31-16-14-29-12-9-19(10-13-29)26-24(25-17-23(30)28(3)4)27-21-11-15-32-22-8-6-5-7-20(21)22/h5-8,18-19,21H,9-17H2,1-4H3,(H2,25,26,27). The van der Waals surface area contributed by atoms with Crippen LogP contribution in [0.4, 0.5) is 0 Å². The molecule has 1 fully saturated rings. The molecule has 1 amide bonds. The van der Waals surface area contributed by atoms with Crippen LogP contribution in [0.15, 0.2) is 29.3 Å². The first-order valence-electron chi connectivity index (χ1n) is 11.8. The van der Waals surface area contributed by atoms with E-state index >= 15 is 0 Å². The summed E-state index contributed by atoms with van der Waals surface area (Å²) >= 11 is 0. The number of hydrogen-bond acceptors (Lipinski definition) is 5.